The normalized spacial score (nSPS) is 10.8. The molecule has 2 heterocycles. The van der Waals surface area contributed by atoms with Crippen molar-refractivity contribution in [1.82, 2.24) is 14.6 Å². The van der Waals surface area contributed by atoms with Gasteiger partial charge in [-0.25, -0.2) is 9.50 Å². The molecule has 0 unspecified atom stereocenters. The molecule has 0 aliphatic heterocycles. The molecule has 0 bridgehead atoms. The van der Waals surface area contributed by atoms with E-state index >= 15 is 0 Å². The summed E-state index contributed by atoms with van der Waals surface area (Å²) in [5.41, 5.74) is 6.15. The highest BCUT2D eigenvalue weighted by molar-refractivity contribution is 6.42. The number of benzene rings is 2. The zero-order chi connectivity index (χ0) is 19.7. The first kappa shape index (κ1) is 18.4. The van der Waals surface area contributed by atoms with E-state index in [1.165, 1.54) is 11.1 Å². The van der Waals surface area contributed by atoms with Crippen LogP contribution >= 0.6 is 23.2 Å². The summed E-state index contributed by atoms with van der Waals surface area (Å²) in [5, 5.41) is 8.85. The molecule has 2 aliphatic rings. The van der Waals surface area contributed by atoms with Crippen LogP contribution in [0.2, 0.25) is 10.0 Å². The predicted octanol–water partition coefficient (Wildman–Crippen LogP) is 5.60. The number of fused-ring (bicyclic) bond motifs is 2. The Bertz CT molecular complexity index is 1200. The molecule has 2 aliphatic carbocycles. The van der Waals surface area contributed by atoms with Crippen LogP contribution in [0.15, 0.2) is 54.7 Å². The lowest BCUT2D eigenvalue weighted by Gasteiger charge is -2.09. The van der Waals surface area contributed by atoms with E-state index < -0.39 is 0 Å². The van der Waals surface area contributed by atoms with Gasteiger partial charge in [-0.1, -0.05) is 47.5 Å². The first-order chi connectivity index (χ1) is 13.5. The van der Waals surface area contributed by atoms with Gasteiger partial charge in [-0.3, -0.25) is 0 Å². The molecule has 3 aromatic rings. The first-order valence-corrected chi connectivity index (χ1v) is 9.41. The molecule has 1 aromatic carbocycles. The van der Waals surface area contributed by atoms with E-state index in [2.05, 4.69) is 45.6 Å². The Hall–Kier alpha value is -3.00. The van der Waals surface area contributed by atoms with Crippen LogP contribution in [-0.2, 0) is 6.54 Å². The van der Waals surface area contributed by atoms with E-state index in [0.717, 1.165) is 22.6 Å². The number of anilines is 1. The smallest absolute Gasteiger partial charge is 0.155 e. The number of halogens is 2. The van der Waals surface area contributed by atoms with Gasteiger partial charge >= 0.3 is 0 Å². The second kappa shape index (κ2) is 7.55. The quantitative estimate of drug-likeness (QED) is 0.396. The van der Waals surface area contributed by atoms with Crippen LogP contribution in [0, 0.1) is 19.3 Å². The summed E-state index contributed by atoms with van der Waals surface area (Å²) >= 11 is 11.9. The number of aryl methyl sites for hydroxylation is 1. The van der Waals surface area contributed by atoms with E-state index in [9.17, 15) is 0 Å². The molecule has 0 radical (unpaired) electrons. The Kier molecular flexibility index (Phi) is 4.95. The topological polar surface area (TPSA) is 42.2 Å². The van der Waals surface area contributed by atoms with Gasteiger partial charge in [-0.15, -0.1) is 11.5 Å². The summed E-state index contributed by atoms with van der Waals surface area (Å²) in [7, 11) is 0. The van der Waals surface area contributed by atoms with E-state index in [-0.39, 0.29) is 0 Å². The number of nitrogens with zero attached hydrogens (tertiary/aromatic N) is 3. The molecule has 4 nitrogen and oxygen atoms in total. The van der Waals surface area contributed by atoms with Gasteiger partial charge in [0.2, 0.25) is 0 Å². The molecule has 1 N–H and O–H groups in total. The van der Waals surface area contributed by atoms with Gasteiger partial charge < -0.3 is 5.32 Å². The molecule has 0 atom stereocenters. The third kappa shape index (κ3) is 3.96. The summed E-state index contributed by atoms with van der Waals surface area (Å²) in [6, 6.07) is 15.9. The number of hydrogen-bond donors (Lipinski definition) is 1. The molecule has 2 aromatic heterocycles. The van der Waals surface area contributed by atoms with Crippen LogP contribution in [0.4, 0.5) is 5.82 Å². The van der Waals surface area contributed by atoms with Crippen molar-refractivity contribution in [3.63, 3.8) is 0 Å². The third-order valence-electron chi connectivity index (χ3n) is 4.35. The van der Waals surface area contributed by atoms with E-state index in [1.807, 2.05) is 25.1 Å². The molecule has 28 heavy (non-hydrogen) atoms. The van der Waals surface area contributed by atoms with E-state index in [4.69, 9.17) is 29.6 Å². The maximum absolute atomic E-state index is 6.02. The molecular weight excluding hydrogens is 391 g/mol. The molecule has 0 saturated carbocycles. The number of aromatic nitrogens is 3. The van der Waals surface area contributed by atoms with Crippen LogP contribution in [0.5, 0.6) is 0 Å². The number of hydrogen-bond acceptors (Lipinski definition) is 3. The van der Waals surface area contributed by atoms with Gasteiger partial charge in [0.1, 0.15) is 11.5 Å². The fourth-order valence-corrected chi connectivity index (χ4v) is 3.09. The monoisotopic (exact) mass is 406 g/mol. The number of imidazole rings is 1. The van der Waals surface area contributed by atoms with Crippen LogP contribution in [0.1, 0.15) is 16.8 Å². The van der Waals surface area contributed by atoms with Crippen LogP contribution in [0.3, 0.4) is 0 Å². The zero-order valence-corrected chi connectivity index (χ0v) is 16.6. The van der Waals surface area contributed by atoms with Gasteiger partial charge in [0.05, 0.1) is 16.2 Å². The Labute approximate surface area is 173 Å². The SMILES string of the molecule is C#Cc1cn2nc(NCc3ccc(Cl)c(Cl)c3)c(C)cc2n1.c1cc2cc-2c1. The largest absolute Gasteiger partial charge is 0.364 e. The van der Waals surface area contributed by atoms with Crippen molar-refractivity contribution in [3.05, 3.63) is 81.6 Å². The Morgan fingerprint density at radius 3 is 2.46 bits per heavy atom. The molecular formula is C22H16Cl2N4. The summed E-state index contributed by atoms with van der Waals surface area (Å²) in [4.78, 5) is 4.28. The summed E-state index contributed by atoms with van der Waals surface area (Å²) in [6.45, 7) is 2.56. The van der Waals surface area contributed by atoms with Crippen LogP contribution in [-0.4, -0.2) is 14.6 Å². The predicted molar refractivity (Wildman–Crippen MR) is 115 cm³/mol. The van der Waals surface area contributed by atoms with Gasteiger partial charge in [-0.05, 0) is 59.4 Å². The fraction of sp³-hybridized carbons (Fsp3) is 0.0909. The van der Waals surface area contributed by atoms with Gasteiger partial charge in [-0.2, -0.15) is 0 Å². The lowest BCUT2D eigenvalue weighted by molar-refractivity contribution is 0.916. The Morgan fingerprint density at radius 2 is 1.86 bits per heavy atom. The van der Waals surface area contributed by atoms with Gasteiger partial charge in [0.15, 0.2) is 5.65 Å². The molecule has 5 rings (SSSR count). The highest BCUT2D eigenvalue weighted by Crippen LogP contribution is 2.32. The Morgan fingerprint density at radius 1 is 1.07 bits per heavy atom. The summed E-state index contributed by atoms with van der Waals surface area (Å²) in [6.07, 6.45) is 7.08. The minimum Gasteiger partial charge on any atom is -0.364 e. The highest BCUT2D eigenvalue weighted by atomic mass is 35.5. The average molecular weight is 407 g/mol. The number of terminal acetylenes is 1. The molecule has 6 heteroatoms. The maximum Gasteiger partial charge on any atom is 0.155 e. The minimum absolute atomic E-state index is 0.536. The molecule has 138 valence electrons. The lowest BCUT2D eigenvalue weighted by atomic mass is 10.2. The number of nitrogens with one attached hydrogen (secondary N) is 1. The lowest BCUT2D eigenvalue weighted by Crippen LogP contribution is -2.06. The molecule has 0 saturated heterocycles. The fourth-order valence-electron chi connectivity index (χ4n) is 2.77. The third-order valence-corrected chi connectivity index (χ3v) is 5.08. The second-order valence-electron chi connectivity index (χ2n) is 6.43. The van der Waals surface area contributed by atoms with Crippen molar-refractivity contribution in [2.45, 2.75) is 13.5 Å². The van der Waals surface area contributed by atoms with Crippen molar-refractivity contribution >= 4 is 34.7 Å². The van der Waals surface area contributed by atoms with E-state index in [0.29, 0.717) is 22.3 Å². The zero-order valence-electron chi connectivity index (χ0n) is 15.1. The van der Waals surface area contributed by atoms with Gasteiger partial charge in [0.25, 0.3) is 0 Å². The summed E-state index contributed by atoms with van der Waals surface area (Å²) < 4.78 is 1.67. The van der Waals surface area contributed by atoms with Crippen molar-refractivity contribution in [2.75, 3.05) is 5.32 Å². The van der Waals surface area contributed by atoms with Crippen molar-refractivity contribution in [1.29, 1.82) is 0 Å². The minimum atomic E-state index is 0.536. The average Bonchev–Trinajstić information content (AvgIpc) is 3.10. The Balaban J connectivity index is 0.000000268. The second-order valence-corrected chi connectivity index (χ2v) is 7.25. The van der Waals surface area contributed by atoms with Crippen LogP contribution < -0.4 is 5.32 Å². The summed E-state index contributed by atoms with van der Waals surface area (Å²) in [5.74, 6) is 3.27. The first-order valence-electron chi connectivity index (χ1n) is 8.65. The van der Waals surface area contributed by atoms with Crippen molar-refractivity contribution < 1.29 is 0 Å². The van der Waals surface area contributed by atoms with Crippen LogP contribution in [0.25, 0.3) is 16.8 Å². The number of rotatable bonds is 3. The molecule has 0 amide bonds. The molecule has 0 fully saturated rings. The van der Waals surface area contributed by atoms with Crippen molar-refractivity contribution in [3.8, 4) is 23.5 Å². The van der Waals surface area contributed by atoms with E-state index in [1.54, 1.807) is 16.8 Å². The highest BCUT2D eigenvalue weighted by Gasteiger charge is 2.08. The maximum atomic E-state index is 6.02. The standard InChI is InChI=1S/C16H12Cl2N4.C6H4/c1-3-12-9-22-15(20-12)6-10(2)16(21-22)19-8-11-4-5-13(17)14(18)7-11;1-2-5-4-6(5)3-1/h1,4-7,9H,8H2,2H3,(H,19,21);1-4H. The van der Waals surface area contributed by atoms with Crippen molar-refractivity contribution in [2.24, 2.45) is 0 Å². The molecule has 0 spiro atoms. The van der Waals surface area contributed by atoms with Gasteiger partial charge in [0, 0.05) is 6.54 Å².